The smallest absolute Gasteiger partial charge is 0.243 e. The summed E-state index contributed by atoms with van der Waals surface area (Å²) in [7, 11) is 5.77. The van der Waals surface area contributed by atoms with Gasteiger partial charge in [-0.1, -0.05) is 0 Å². The minimum absolute atomic E-state index is 0.0903. The van der Waals surface area contributed by atoms with Gasteiger partial charge in [-0.05, 0) is 79.9 Å². The fourth-order valence-electron chi connectivity index (χ4n) is 3.62. The molecule has 0 bridgehead atoms. The molecule has 11 heteroatoms. The average molecular weight is 558 g/mol. The lowest BCUT2D eigenvalue weighted by Crippen LogP contribution is -2.27. The Hall–Kier alpha value is -4.38. The molecule has 0 saturated heterocycles. The molecule has 0 atom stereocenters. The van der Waals surface area contributed by atoms with Gasteiger partial charge in [-0.15, -0.1) is 0 Å². The molecule has 218 valence electrons. The molecule has 5 N–H and O–H groups in total. The van der Waals surface area contributed by atoms with Crippen molar-refractivity contribution in [3.8, 4) is 34.5 Å². The van der Waals surface area contributed by atoms with Gasteiger partial charge in [-0.3, -0.25) is 9.59 Å². The van der Waals surface area contributed by atoms with Crippen LogP contribution in [0.3, 0.4) is 0 Å². The minimum Gasteiger partial charge on any atom is -0.502 e. The molecule has 2 aromatic rings. The van der Waals surface area contributed by atoms with Crippen molar-refractivity contribution in [1.82, 2.24) is 16.0 Å². The largest absolute Gasteiger partial charge is 0.502 e. The number of ether oxygens (including phenoxy) is 4. The Morgan fingerprint density at radius 3 is 1.38 bits per heavy atom. The summed E-state index contributed by atoms with van der Waals surface area (Å²) < 4.78 is 20.5. The lowest BCUT2D eigenvalue weighted by molar-refractivity contribution is -0.117. The first-order valence-corrected chi connectivity index (χ1v) is 12.8. The molecule has 0 heterocycles. The molecule has 2 amide bonds. The highest BCUT2D eigenvalue weighted by Gasteiger charge is 2.11. The van der Waals surface area contributed by atoms with Crippen LogP contribution in [0.2, 0.25) is 0 Å². The minimum atomic E-state index is -0.223. The average Bonchev–Trinajstić information content (AvgIpc) is 2.96. The first-order chi connectivity index (χ1) is 19.3. The normalized spacial score (nSPS) is 11.0. The van der Waals surface area contributed by atoms with E-state index in [0.29, 0.717) is 24.2 Å². The van der Waals surface area contributed by atoms with Crippen LogP contribution in [0.4, 0.5) is 0 Å². The molecule has 0 aliphatic rings. The van der Waals surface area contributed by atoms with Crippen molar-refractivity contribution in [3.05, 3.63) is 47.5 Å². The molecule has 11 nitrogen and oxygen atoms in total. The van der Waals surface area contributed by atoms with Crippen LogP contribution in [0.25, 0.3) is 12.2 Å². The third-order valence-corrected chi connectivity index (χ3v) is 5.77. The van der Waals surface area contributed by atoms with E-state index in [1.807, 2.05) is 0 Å². The predicted octanol–water partition coefficient (Wildman–Crippen LogP) is 2.85. The van der Waals surface area contributed by atoms with Gasteiger partial charge in [0.2, 0.25) is 23.3 Å². The number of benzene rings is 2. The molecule has 0 radical (unpaired) electrons. The van der Waals surface area contributed by atoms with Crippen molar-refractivity contribution >= 4 is 24.0 Å². The third kappa shape index (κ3) is 10.4. The number of phenolic OH excluding ortho intramolecular Hbond substituents is 2. The van der Waals surface area contributed by atoms with Gasteiger partial charge in [0, 0.05) is 25.2 Å². The monoisotopic (exact) mass is 557 g/mol. The van der Waals surface area contributed by atoms with Gasteiger partial charge in [0.15, 0.2) is 23.0 Å². The van der Waals surface area contributed by atoms with Crippen LogP contribution in [0.5, 0.6) is 34.5 Å². The Labute approximate surface area is 234 Å². The van der Waals surface area contributed by atoms with Gasteiger partial charge < -0.3 is 45.1 Å². The molecular weight excluding hydrogens is 518 g/mol. The molecular formula is C29H39N3O8. The standard InChI is InChI=1S/C29H39N3O8/c1-37-22-16-20(17-23(38-2)28(22)35)8-10-26(33)31-14-6-5-12-30-13-7-15-32-27(34)11-9-21-18-24(39-3)29(36)25(19-21)40-4/h8-11,16-19,30,35-36H,5-7,12-15H2,1-4H3,(H,31,33)(H,32,34). The number of phenols is 2. The lowest BCUT2D eigenvalue weighted by atomic mass is 10.1. The molecule has 0 aromatic heterocycles. The van der Waals surface area contributed by atoms with Crippen molar-refractivity contribution in [2.24, 2.45) is 0 Å². The first kappa shape index (κ1) is 31.8. The Morgan fingerprint density at radius 2 is 0.975 bits per heavy atom. The Balaban J connectivity index is 1.56. The van der Waals surface area contributed by atoms with Crippen molar-refractivity contribution in [1.29, 1.82) is 0 Å². The van der Waals surface area contributed by atoms with E-state index in [4.69, 9.17) is 18.9 Å². The number of nitrogens with one attached hydrogen (secondary N) is 3. The quantitative estimate of drug-likeness (QED) is 0.146. The summed E-state index contributed by atoms with van der Waals surface area (Å²) >= 11 is 0. The molecule has 0 fully saturated rings. The summed E-state index contributed by atoms with van der Waals surface area (Å²) in [6.45, 7) is 2.63. The van der Waals surface area contributed by atoms with Gasteiger partial charge in [-0.2, -0.15) is 0 Å². The number of carbonyl (C=O) groups excluding carboxylic acids is 2. The van der Waals surface area contributed by atoms with E-state index in [1.54, 1.807) is 36.4 Å². The van der Waals surface area contributed by atoms with E-state index in [1.165, 1.54) is 40.6 Å². The van der Waals surface area contributed by atoms with E-state index < -0.39 is 0 Å². The Kier molecular flexibility index (Phi) is 13.7. The summed E-state index contributed by atoms with van der Waals surface area (Å²) in [5.41, 5.74) is 1.32. The first-order valence-electron chi connectivity index (χ1n) is 12.8. The lowest BCUT2D eigenvalue weighted by Gasteiger charge is -2.09. The summed E-state index contributed by atoms with van der Waals surface area (Å²) in [5.74, 6) is 0.431. The highest BCUT2D eigenvalue weighted by Crippen LogP contribution is 2.38. The number of carbonyl (C=O) groups is 2. The number of methoxy groups -OCH3 is 4. The van der Waals surface area contributed by atoms with E-state index in [-0.39, 0.29) is 46.3 Å². The molecule has 2 aromatic carbocycles. The van der Waals surface area contributed by atoms with Crippen LogP contribution in [-0.2, 0) is 9.59 Å². The van der Waals surface area contributed by atoms with Gasteiger partial charge in [0.05, 0.1) is 28.4 Å². The molecule has 0 unspecified atom stereocenters. The van der Waals surface area contributed by atoms with Crippen molar-refractivity contribution in [3.63, 3.8) is 0 Å². The van der Waals surface area contributed by atoms with Crippen molar-refractivity contribution in [2.45, 2.75) is 19.3 Å². The number of rotatable bonds is 17. The van der Waals surface area contributed by atoms with Crippen LogP contribution >= 0.6 is 0 Å². The molecule has 0 aliphatic heterocycles. The van der Waals surface area contributed by atoms with Gasteiger partial charge in [0.1, 0.15) is 0 Å². The number of amides is 2. The maximum Gasteiger partial charge on any atom is 0.243 e. The molecule has 2 rings (SSSR count). The van der Waals surface area contributed by atoms with Gasteiger partial charge >= 0.3 is 0 Å². The maximum atomic E-state index is 12.1. The number of hydrogen-bond acceptors (Lipinski definition) is 9. The SMILES string of the molecule is COc1cc(C=CC(=O)NCCCCNCCCNC(=O)C=Cc2cc(OC)c(O)c(OC)c2)cc(OC)c1O. The second-order valence-electron chi connectivity index (χ2n) is 8.61. The van der Waals surface area contributed by atoms with Gasteiger partial charge in [0.25, 0.3) is 0 Å². The second-order valence-corrected chi connectivity index (χ2v) is 8.61. The summed E-state index contributed by atoms with van der Waals surface area (Å²) in [5, 5.41) is 28.9. The van der Waals surface area contributed by atoms with Crippen LogP contribution in [-0.4, -0.2) is 76.6 Å². The predicted molar refractivity (Wildman–Crippen MR) is 153 cm³/mol. The number of hydrogen-bond donors (Lipinski definition) is 5. The molecule has 40 heavy (non-hydrogen) atoms. The summed E-state index contributed by atoms with van der Waals surface area (Å²) in [6.07, 6.45) is 8.57. The maximum absolute atomic E-state index is 12.1. The van der Waals surface area contributed by atoms with Crippen LogP contribution in [0, 0.1) is 0 Å². The molecule has 0 aliphatic carbocycles. The van der Waals surface area contributed by atoms with E-state index in [9.17, 15) is 19.8 Å². The van der Waals surface area contributed by atoms with Crippen molar-refractivity contribution < 1.29 is 38.7 Å². The zero-order valence-corrected chi connectivity index (χ0v) is 23.4. The fraction of sp³-hybridized carbons (Fsp3) is 0.379. The molecule has 0 saturated carbocycles. The van der Waals surface area contributed by atoms with Crippen LogP contribution in [0.1, 0.15) is 30.4 Å². The highest BCUT2D eigenvalue weighted by molar-refractivity contribution is 5.92. The zero-order chi connectivity index (χ0) is 29.3. The number of unbranched alkanes of at least 4 members (excludes halogenated alkanes) is 1. The topological polar surface area (TPSA) is 148 Å². The Bertz CT molecular complexity index is 1040. The van der Waals surface area contributed by atoms with Crippen LogP contribution in [0.15, 0.2) is 36.4 Å². The summed E-state index contributed by atoms with van der Waals surface area (Å²) in [6, 6.07) is 6.45. The second kappa shape index (κ2) is 17.3. The fourth-order valence-corrected chi connectivity index (χ4v) is 3.62. The molecule has 0 spiro atoms. The Morgan fingerprint density at radius 1 is 0.625 bits per heavy atom. The zero-order valence-electron chi connectivity index (χ0n) is 23.4. The van der Waals surface area contributed by atoms with Crippen molar-refractivity contribution in [2.75, 3.05) is 54.6 Å². The van der Waals surface area contributed by atoms with Gasteiger partial charge in [-0.25, -0.2) is 0 Å². The number of aromatic hydroxyl groups is 2. The third-order valence-electron chi connectivity index (χ3n) is 5.77. The van der Waals surface area contributed by atoms with E-state index in [2.05, 4.69) is 16.0 Å². The van der Waals surface area contributed by atoms with E-state index in [0.717, 1.165) is 32.4 Å². The summed E-state index contributed by atoms with van der Waals surface area (Å²) in [4.78, 5) is 24.1. The highest BCUT2D eigenvalue weighted by atomic mass is 16.5. The van der Waals surface area contributed by atoms with Crippen LogP contribution < -0.4 is 34.9 Å². The van der Waals surface area contributed by atoms with E-state index >= 15 is 0 Å².